The van der Waals surface area contributed by atoms with E-state index in [2.05, 4.69) is 10.4 Å². The summed E-state index contributed by atoms with van der Waals surface area (Å²) in [4.78, 5) is 19.6. The molecule has 1 aliphatic heterocycles. The largest absolute Gasteiger partial charge is 0.494 e. The first kappa shape index (κ1) is 16.4. The lowest BCUT2D eigenvalue weighted by Gasteiger charge is -2.15. The van der Waals surface area contributed by atoms with Crippen LogP contribution in [-0.2, 0) is 4.84 Å². The zero-order chi connectivity index (χ0) is 15.2. The number of nitrogens with zero attached hydrogens (tertiary/aromatic N) is 1. The number of likely N-dealkylation sites (tertiary alicyclic amines) is 1. The number of rotatable bonds is 6. The maximum Gasteiger partial charge on any atom is 0.280 e. The quantitative estimate of drug-likeness (QED) is 0.642. The fourth-order valence-corrected chi connectivity index (χ4v) is 2.76. The number of hydrogen-bond donors (Lipinski definition) is 1. The Hall–Kier alpha value is -1.01. The Labute approximate surface area is 134 Å². The van der Waals surface area contributed by atoms with Crippen molar-refractivity contribution < 1.29 is 14.4 Å². The van der Waals surface area contributed by atoms with Gasteiger partial charge in [-0.25, -0.2) is 5.48 Å². The van der Waals surface area contributed by atoms with E-state index in [1.54, 1.807) is 12.1 Å². The van der Waals surface area contributed by atoms with E-state index < -0.39 is 5.91 Å². The molecule has 1 saturated heterocycles. The highest BCUT2D eigenvalue weighted by atomic mass is 35.5. The van der Waals surface area contributed by atoms with Gasteiger partial charge in [-0.2, -0.15) is 0 Å². The third-order valence-corrected chi connectivity index (χ3v) is 3.98. The minimum Gasteiger partial charge on any atom is -0.494 e. The summed E-state index contributed by atoms with van der Waals surface area (Å²) in [6.07, 6.45) is 2.45. The molecule has 0 unspecified atom stereocenters. The van der Waals surface area contributed by atoms with Crippen molar-refractivity contribution in [1.82, 2.24) is 10.4 Å². The Morgan fingerprint density at radius 3 is 2.62 bits per heavy atom. The van der Waals surface area contributed by atoms with Gasteiger partial charge in [-0.3, -0.25) is 9.63 Å². The van der Waals surface area contributed by atoms with Crippen LogP contribution < -0.4 is 10.2 Å². The van der Waals surface area contributed by atoms with E-state index in [-0.39, 0.29) is 16.3 Å². The van der Waals surface area contributed by atoms with Crippen LogP contribution in [0.2, 0.25) is 10.0 Å². The van der Waals surface area contributed by atoms with Crippen molar-refractivity contribution in [2.45, 2.75) is 12.8 Å². The van der Waals surface area contributed by atoms with E-state index in [0.717, 1.165) is 19.6 Å². The number of nitrogens with one attached hydrogen (secondary N) is 1. The van der Waals surface area contributed by atoms with Crippen LogP contribution in [0.3, 0.4) is 0 Å². The molecule has 1 N–H and O–H groups in total. The molecule has 0 saturated carbocycles. The fraction of sp³-hybridized carbons (Fsp3) is 0.500. The molecule has 116 valence electrons. The topological polar surface area (TPSA) is 50.8 Å². The van der Waals surface area contributed by atoms with Crippen LogP contribution in [0.25, 0.3) is 0 Å². The van der Waals surface area contributed by atoms with Crippen LogP contribution in [0.4, 0.5) is 0 Å². The van der Waals surface area contributed by atoms with Crippen molar-refractivity contribution in [3.8, 4) is 5.75 Å². The Morgan fingerprint density at radius 1 is 1.29 bits per heavy atom. The highest BCUT2D eigenvalue weighted by molar-refractivity contribution is 6.37. The Balaban J connectivity index is 1.89. The molecule has 0 aromatic heterocycles. The molecule has 5 nitrogen and oxygen atoms in total. The average Bonchev–Trinajstić information content (AvgIpc) is 2.98. The van der Waals surface area contributed by atoms with E-state index in [9.17, 15) is 4.79 Å². The molecule has 1 aliphatic rings. The van der Waals surface area contributed by atoms with Crippen LogP contribution >= 0.6 is 23.2 Å². The smallest absolute Gasteiger partial charge is 0.280 e. The summed E-state index contributed by atoms with van der Waals surface area (Å²) in [5.41, 5.74) is 2.55. The highest BCUT2D eigenvalue weighted by Gasteiger charge is 2.19. The number of benzene rings is 1. The number of halogens is 2. The van der Waals surface area contributed by atoms with Gasteiger partial charge in [0.05, 0.1) is 23.8 Å². The molecule has 7 heteroatoms. The van der Waals surface area contributed by atoms with Gasteiger partial charge in [-0.15, -0.1) is 0 Å². The number of hydrogen-bond acceptors (Lipinski definition) is 4. The first-order valence-corrected chi connectivity index (χ1v) is 7.55. The van der Waals surface area contributed by atoms with Crippen molar-refractivity contribution >= 4 is 29.1 Å². The maximum atomic E-state index is 12.1. The monoisotopic (exact) mass is 332 g/mol. The molecule has 1 fully saturated rings. The third-order valence-electron chi connectivity index (χ3n) is 3.36. The van der Waals surface area contributed by atoms with Crippen molar-refractivity contribution in [1.29, 1.82) is 0 Å². The highest BCUT2D eigenvalue weighted by Crippen LogP contribution is 2.33. The van der Waals surface area contributed by atoms with Gasteiger partial charge in [0.25, 0.3) is 5.91 Å². The van der Waals surface area contributed by atoms with E-state index in [1.165, 1.54) is 20.0 Å². The number of ether oxygens (including phenoxy) is 1. The molecule has 21 heavy (non-hydrogen) atoms. The normalized spacial score (nSPS) is 15.2. The van der Waals surface area contributed by atoms with E-state index in [1.807, 2.05) is 0 Å². The van der Waals surface area contributed by atoms with E-state index in [4.69, 9.17) is 32.8 Å². The molecule has 2 rings (SSSR count). The van der Waals surface area contributed by atoms with E-state index >= 15 is 0 Å². The number of methoxy groups -OCH3 is 1. The predicted octanol–water partition coefficient (Wildman–Crippen LogP) is 2.76. The molecule has 1 aromatic carbocycles. The fourth-order valence-electron chi connectivity index (χ4n) is 2.29. The van der Waals surface area contributed by atoms with Crippen LogP contribution in [-0.4, -0.2) is 44.2 Å². The Morgan fingerprint density at radius 2 is 1.95 bits per heavy atom. The van der Waals surface area contributed by atoms with Crippen molar-refractivity contribution in [3.63, 3.8) is 0 Å². The number of carbonyl (C=O) groups excluding carboxylic acids is 1. The summed E-state index contributed by atoms with van der Waals surface area (Å²) >= 11 is 12.0. The van der Waals surface area contributed by atoms with Gasteiger partial charge >= 0.3 is 0 Å². The van der Waals surface area contributed by atoms with Crippen LogP contribution in [0, 0.1) is 0 Å². The van der Waals surface area contributed by atoms with Crippen LogP contribution in [0.15, 0.2) is 12.1 Å². The summed E-state index contributed by atoms with van der Waals surface area (Å²) in [5, 5.41) is 0.584. The standard InChI is InChI=1S/C14H18Cl2N2O3/c1-20-13-11(16)5-4-10(15)12(13)14(19)17-21-9-8-18-6-2-3-7-18/h4-5H,2-3,6-9H2,1H3,(H,17,19). The number of amides is 1. The second-order valence-electron chi connectivity index (χ2n) is 4.77. The van der Waals surface area contributed by atoms with Crippen molar-refractivity contribution in [2.75, 3.05) is 33.4 Å². The molecule has 0 atom stereocenters. The van der Waals surface area contributed by atoms with Gasteiger partial charge in [-0.05, 0) is 38.1 Å². The molecule has 1 heterocycles. The second kappa shape index (κ2) is 7.84. The lowest BCUT2D eigenvalue weighted by Crippen LogP contribution is -2.30. The molecule has 0 spiro atoms. The lowest BCUT2D eigenvalue weighted by atomic mass is 10.2. The summed E-state index contributed by atoms with van der Waals surface area (Å²) in [5.74, 6) is -0.231. The molecule has 1 amide bonds. The minimum absolute atomic E-state index is 0.174. The molecular weight excluding hydrogens is 315 g/mol. The predicted molar refractivity (Wildman–Crippen MR) is 82.1 cm³/mol. The summed E-state index contributed by atoms with van der Waals surface area (Å²) in [6.45, 7) is 3.39. The van der Waals surface area contributed by atoms with Gasteiger partial charge in [0.1, 0.15) is 5.56 Å². The molecular formula is C14H18Cl2N2O3. The maximum absolute atomic E-state index is 12.1. The minimum atomic E-state index is -0.472. The van der Waals surface area contributed by atoms with Gasteiger partial charge in [0.15, 0.2) is 5.75 Å². The first-order valence-electron chi connectivity index (χ1n) is 6.80. The van der Waals surface area contributed by atoms with Gasteiger partial charge < -0.3 is 9.64 Å². The van der Waals surface area contributed by atoms with Gasteiger partial charge in [0.2, 0.25) is 0 Å². The summed E-state index contributed by atoms with van der Waals surface area (Å²) in [7, 11) is 1.43. The van der Waals surface area contributed by atoms with Crippen LogP contribution in [0.5, 0.6) is 5.75 Å². The Bertz CT molecular complexity index is 505. The first-order chi connectivity index (χ1) is 10.1. The average molecular weight is 333 g/mol. The van der Waals surface area contributed by atoms with Crippen molar-refractivity contribution in [3.05, 3.63) is 27.7 Å². The zero-order valence-electron chi connectivity index (χ0n) is 11.8. The van der Waals surface area contributed by atoms with Crippen LogP contribution in [0.1, 0.15) is 23.2 Å². The SMILES string of the molecule is COc1c(Cl)ccc(Cl)c1C(=O)NOCCN1CCCC1. The lowest BCUT2D eigenvalue weighted by molar-refractivity contribution is 0.0242. The summed E-state index contributed by atoms with van der Waals surface area (Å²) in [6, 6.07) is 3.12. The van der Waals surface area contributed by atoms with Gasteiger partial charge in [-0.1, -0.05) is 23.2 Å². The van der Waals surface area contributed by atoms with Crippen molar-refractivity contribution in [2.24, 2.45) is 0 Å². The summed E-state index contributed by atoms with van der Waals surface area (Å²) < 4.78 is 5.12. The second-order valence-corrected chi connectivity index (χ2v) is 5.58. The third kappa shape index (κ3) is 4.23. The van der Waals surface area contributed by atoms with E-state index in [0.29, 0.717) is 11.6 Å². The molecule has 0 radical (unpaired) electrons. The zero-order valence-corrected chi connectivity index (χ0v) is 13.3. The molecule has 0 bridgehead atoms. The molecule has 1 aromatic rings. The van der Waals surface area contributed by atoms with Gasteiger partial charge in [0, 0.05) is 6.54 Å². The number of carbonyl (C=O) groups is 1. The number of hydroxylamine groups is 1. The Kier molecular flexibility index (Phi) is 6.11. The molecule has 0 aliphatic carbocycles.